The van der Waals surface area contributed by atoms with Crippen molar-refractivity contribution in [3.8, 4) is 11.5 Å². The molecule has 0 aliphatic rings. The third-order valence-corrected chi connectivity index (χ3v) is 5.60. The molecule has 0 fully saturated rings. The highest BCUT2D eigenvalue weighted by molar-refractivity contribution is 9.10. The fourth-order valence-corrected chi connectivity index (χ4v) is 4.00. The van der Waals surface area contributed by atoms with Gasteiger partial charge in [-0.25, -0.2) is 4.98 Å². The van der Waals surface area contributed by atoms with Crippen LogP contribution >= 0.6 is 15.9 Å². The van der Waals surface area contributed by atoms with E-state index in [4.69, 9.17) is 4.42 Å². The van der Waals surface area contributed by atoms with Crippen molar-refractivity contribution in [2.45, 2.75) is 6.92 Å². The summed E-state index contributed by atoms with van der Waals surface area (Å²) in [7, 11) is 0. The minimum atomic E-state index is -0.152. The molecule has 0 unspecified atom stereocenters. The molecule has 4 aromatic carbocycles. The molecule has 0 atom stereocenters. The van der Waals surface area contributed by atoms with Crippen molar-refractivity contribution in [1.82, 2.24) is 4.98 Å². The number of nitrogens with one attached hydrogen (secondary N) is 1. The maximum atomic E-state index is 13.0. The van der Waals surface area contributed by atoms with E-state index in [-0.39, 0.29) is 5.91 Å². The average molecular weight is 457 g/mol. The summed E-state index contributed by atoms with van der Waals surface area (Å²) in [5.41, 5.74) is 4.71. The van der Waals surface area contributed by atoms with Gasteiger partial charge < -0.3 is 9.73 Å². The molecule has 146 valence electrons. The van der Waals surface area contributed by atoms with E-state index in [1.54, 1.807) is 0 Å². The van der Waals surface area contributed by atoms with E-state index < -0.39 is 0 Å². The molecule has 4 nitrogen and oxygen atoms in total. The lowest BCUT2D eigenvalue weighted by Gasteiger charge is -2.10. The Kier molecular flexibility index (Phi) is 4.60. The summed E-state index contributed by atoms with van der Waals surface area (Å²) in [6.07, 6.45) is 0. The molecule has 0 spiro atoms. The van der Waals surface area contributed by atoms with Crippen LogP contribution in [0, 0.1) is 6.92 Å². The number of fused-ring (bicyclic) bond motifs is 2. The second-order valence-corrected chi connectivity index (χ2v) is 8.06. The standard InChI is InChI=1S/C25H17BrN2O2/c1-15-9-11-21(20-8-3-2-7-19(15)20)24(29)27-18-10-12-23-22(14-18)28-25(30-23)16-5-4-6-17(26)13-16/h2-14H,1H3,(H,27,29). The zero-order valence-corrected chi connectivity index (χ0v) is 17.7. The van der Waals surface area contributed by atoms with Gasteiger partial charge in [0, 0.05) is 21.3 Å². The molecule has 0 radical (unpaired) electrons. The zero-order valence-electron chi connectivity index (χ0n) is 16.1. The summed E-state index contributed by atoms with van der Waals surface area (Å²) in [4.78, 5) is 17.6. The molecule has 1 N–H and O–H groups in total. The van der Waals surface area contributed by atoms with Crippen molar-refractivity contribution in [3.63, 3.8) is 0 Å². The number of aromatic nitrogens is 1. The predicted molar refractivity (Wildman–Crippen MR) is 124 cm³/mol. The van der Waals surface area contributed by atoms with Crippen LogP contribution in [0.2, 0.25) is 0 Å². The van der Waals surface area contributed by atoms with E-state index in [0.29, 0.717) is 28.2 Å². The topological polar surface area (TPSA) is 55.1 Å². The van der Waals surface area contributed by atoms with Gasteiger partial charge in [-0.1, -0.05) is 52.3 Å². The van der Waals surface area contributed by atoms with Gasteiger partial charge in [-0.15, -0.1) is 0 Å². The Hall–Kier alpha value is -3.44. The highest BCUT2D eigenvalue weighted by atomic mass is 79.9. The molecular weight excluding hydrogens is 440 g/mol. The van der Waals surface area contributed by atoms with Crippen LogP contribution in [0.25, 0.3) is 33.3 Å². The van der Waals surface area contributed by atoms with Crippen molar-refractivity contribution in [2.75, 3.05) is 5.32 Å². The minimum Gasteiger partial charge on any atom is -0.436 e. The number of carbonyl (C=O) groups is 1. The second kappa shape index (κ2) is 7.43. The average Bonchev–Trinajstić information content (AvgIpc) is 3.18. The first kappa shape index (κ1) is 18.6. The van der Waals surface area contributed by atoms with E-state index in [9.17, 15) is 4.79 Å². The Morgan fingerprint density at radius 3 is 2.60 bits per heavy atom. The largest absolute Gasteiger partial charge is 0.436 e. The van der Waals surface area contributed by atoms with Gasteiger partial charge in [0.1, 0.15) is 5.52 Å². The molecule has 1 aromatic heterocycles. The van der Waals surface area contributed by atoms with Crippen LogP contribution in [-0.2, 0) is 0 Å². The second-order valence-electron chi connectivity index (χ2n) is 7.14. The smallest absolute Gasteiger partial charge is 0.256 e. The summed E-state index contributed by atoms with van der Waals surface area (Å²) >= 11 is 3.47. The Morgan fingerprint density at radius 2 is 1.77 bits per heavy atom. The zero-order chi connectivity index (χ0) is 20.7. The number of nitrogens with zero attached hydrogens (tertiary/aromatic N) is 1. The van der Waals surface area contributed by atoms with Gasteiger partial charge in [-0.2, -0.15) is 0 Å². The van der Waals surface area contributed by atoms with Crippen LogP contribution in [0.1, 0.15) is 15.9 Å². The quantitative estimate of drug-likeness (QED) is 0.318. The van der Waals surface area contributed by atoms with Crippen molar-refractivity contribution < 1.29 is 9.21 Å². The number of anilines is 1. The number of halogens is 1. The van der Waals surface area contributed by atoms with Crippen LogP contribution in [0.15, 0.2) is 87.8 Å². The first-order chi connectivity index (χ1) is 14.6. The normalized spacial score (nSPS) is 11.1. The summed E-state index contributed by atoms with van der Waals surface area (Å²) in [5, 5.41) is 5.01. The summed E-state index contributed by atoms with van der Waals surface area (Å²) in [6, 6.07) is 25.1. The Bertz CT molecular complexity index is 1420. The molecule has 30 heavy (non-hydrogen) atoms. The molecule has 0 aliphatic heterocycles. The number of carbonyl (C=O) groups excluding carboxylic acids is 1. The number of oxazole rings is 1. The lowest BCUT2D eigenvalue weighted by Crippen LogP contribution is -2.12. The SMILES string of the molecule is Cc1ccc(C(=O)Nc2ccc3oc(-c4cccc(Br)c4)nc3c2)c2ccccc12. The van der Waals surface area contributed by atoms with Crippen LogP contribution in [-0.4, -0.2) is 10.9 Å². The first-order valence-electron chi connectivity index (χ1n) is 9.55. The minimum absolute atomic E-state index is 0.152. The van der Waals surface area contributed by atoms with E-state index in [0.717, 1.165) is 26.4 Å². The number of hydrogen-bond donors (Lipinski definition) is 1. The summed E-state index contributed by atoms with van der Waals surface area (Å²) in [6.45, 7) is 2.05. The number of rotatable bonds is 3. The monoisotopic (exact) mass is 456 g/mol. The maximum Gasteiger partial charge on any atom is 0.256 e. The first-order valence-corrected chi connectivity index (χ1v) is 10.3. The Labute approximate surface area is 181 Å². The van der Waals surface area contributed by atoms with Crippen molar-refractivity contribution in [1.29, 1.82) is 0 Å². The van der Waals surface area contributed by atoms with Crippen molar-refractivity contribution in [3.05, 3.63) is 94.5 Å². The molecule has 1 heterocycles. The molecule has 0 saturated heterocycles. The van der Waals surface area contributed by atoms with Gasteiger partial charge >= 0.3 is 0 Å². The van der Waals surface area contributed by atoms with E-state index >= 15 is 0 Å². The van der Waals surface area contributed by atoms with E-state index in [2.05, 4.69) is 26.2 Å². The summed E-state index contributed by atoms with van der Waals surface area (Å²) < 4.78 is 6.84. The van der Waals surface area contributed by atoms with Crippen molar-refractivity contribution >= 4 is 49.4 Å². The molecule has 5 aromatic rings. The summed E-state index contributed by atoms with van der Waals surface area (Å²) in [5.74, 6) is 0.389. The highest BCUT2D eigenvalue weighted by Gasteiger charge is 2.13. The van der Waals surface area contributed by atoms with Crippen LogP contribution < -0.4 is 5.32 Å². The van der Waals surface area contributed by atoms with Gasteiger partial charge in [-0.3, -0.25) is 4.79 Å². The molecular formula is C25H17BrN2O2. The fourth-order valence-electron chi connectivity index (χ4n) is 3.60. The third kappa shape index (κ3) is 3.37. The Balaban J connectivity index is 1.47. The molecule has 1 amide bonds. The van der Waals surface area contributed by atoms with Gasteiger partial charge in [-0.05, 0) is 65.7 Å². The fraction of sp³-hybridized carbons (Fsp3) is 0.0400. The number of aryl methyl sites for hydroxylation is 1. The van der Waals surface area contributed by atoms with Gasteiger partial charge in [0.15, 0.2) is 5.58 Å². The molecule has 5 heteroatoms. The van der Waals surface area contributed by atoms with Crippen LogP contribution in [0.4, 0.5) is 5.69 Å². The van der Waals surface area contributed by atoms with Crippen LogP contribution in [0.3, 0.4) is 0 Å². The molecule has 0 bridgehead atoms. The number of hydrogen-bond acceptors (Lipinski definition) is 3. The van der Waals surface area contributed by atoms with Crippen LogP contribution in [0.5, 0.6) is 0 Å². The molecule has 0 saturated carbocycles. The number of benzene rings is 4. The van der Waals surface area contributed by atoms with Gasteiger partial charge in [0.25, 0.3) is 5.91 Å². The van der Waals surface area contributed by atoms with Gasteiger partial charge in [0.2, 0.25) is 5.89 Å². The molecule has 5 rings (SSSR count). The predicted octanol–water partition coefficient (Wildman–Crippen LogP) is 6.97. The van der Waals surface area contributed by atoms with Crippen molar-refractivity contribution in [2.24, 2.45) is 0 Å². The Morgan fingerprint density at radius 1 is 0.933 bits per heavy atom. The third-order valence-electron chi connectivity index (χ3n) is 5.10. The van der Waals surface area contributed by atoms with Gasteiger partial charge in [0.05, 0.1) is 0 Å². The molecule has 0 aliphatic carbocycles. The maximum absolute atomic E-state index is 13.0. The number of amides is 1. The lowest BCUT2D eigenvalue weighted by molar-refractivity contribution is 0.102. The van der Waals surface area contributed by atoms with E-state index in [1.165, 1.54) is 0 Å². The highest BCUT2D eigenvalue weighted by Crippen LogP contribution is 2.28. The van der Waals surface area contributed by atoms with E-state index in [1.807, 2.05) is 85.8 Å². The lowest BCUT2D eigenvalue weighted by atomic mass is 10.00.